The molecule has 0 bridgehead atoms. The van der Waals surface area contributed by atoms with Crippen LogP contribution in [0.5, 0.6) is 0 Å². The summed E-state index contributed by atoms with van der Waals surface area (Å²) >= 11 is 14.4. The van der Waals surface area contributed by atoms with Crippen molar-refractivity contribution in [2.45, 2.75) is 34.9 Å². The van der Waals surface area contributed by atoms with Crippen LogP contribution in [0.4, 0.5) is 0 Å². The molecular weight excluding hydrogens is 739 g/mol. The fourth-order valence-electron chi connectivity index (χ4n) is 5.27. The number of aliphatic carboxylic acids is 2. The Balaban J connectivity index is 0.000000260. The summed E-state index contributed by atoms with van der Waals surface area (Å²) in [6.07, 6.45) is 0. The summed E-state index contributed by atoms with van der Waals surface area (Å²) in [5.41, 5.74) is 12.6. The van der Waals surface area contributed by atoms with Gasteiger partial charge in [0, 0.05) is 11.5 Å². The standard InChI is InChI=1S/2C15H14ClN3O4S.2H2O/c2*16-8-6-24-14-10(13(21)19(14)11(8)15(22)23)18-12(20)9(17)7-4-2-1-3-5-7;;/h2*1-5,9-10,14H,6,17H2,(H,18,20)(H,22,23);2*1H2/t2*9-,10-,14-;;/m11../s1. The predicted molar refractivity (Wildman–Crippen MR) is 185 cm³/mol. The van der Waals surface area contributed by atoms with E-state index < -0.39 is 70.5 Å². The number of benzene rings is 2. The Kier molecular flexibility index (Phi) is 13.5. The van der Waals surface area contributed by atoms with Gasteiger partial charge in [0.1, 0.15) is 46.3 Å². The number of hydrogen-bond donors (Lipinski definition) is 6. The molecule has 0 aromatic heterocycles. The van der Waals surface area contributed by atoms with Crippen LogP contribution in [0.15, 0.2) is 82.1 Å². The van der Waals surface area contributed by atoms with Gasteiger partial charge in [-0.2, -0.15) is 0 Å². The average Bonchev–Trinajstić information content (AvgIpc) is 3.09. The molecule has 4 amide bonds. The van der Waals surface area contributed by atoms with Crippen LogP contribution in [0.25, 0.3) is 0 Å². The molecule has 6 rings (SSSR count). The predicted octanol–water partition coefficient (Wildman–Crippen LogP) is -0.407. The Hall–Kier alpha value is -4.14. The van der Waals surface area contributed by atoms with Crippen LogP contribution in [0.3, 0.4) is 0 Å². The highest BCUT2D eigenvalue weighted by atomic mass is 35.5. The van der Waals surface area contributed by atoms with Crippen LogP contribution >= 0.6 is 46.7 Å². The highest BCUT2D eigenvalue weighted by Gasteiger charge is 2.55. The number of carbonyl (C=O) groups is 6. The lowest BCUT2D eigenvalue weighted by atomic mass is 10.0. The van der Waals surface area contributed by atoms with Gasteiger partial charge in [0.05, 0.1) is 10.1 Å². The molecule has 4 aliphatic heterocycles. The van der Waals surface area contributed by atoms with Crippen molar-refractivity contribution in [3.63, 3.8) is 0 Å². The van der Waals surface area contributed by atoms with Gasteiger partial charge in [-0.3, -0.25) is 29.0 Å². The number of halogens is 2. The molecule has 4 aliphatic rings. The lowest BCUT2D eigenvalue weighted by molar-refractivity contribution is -0.150. The first-order valence-electron chi connectivity index (χ1n) is 14.2. The number of hydrogen-bond acceptors (Lipinski definition) is 10. The van der Waals surface area contributed by atoms with Crippen molar-refractivity contribution in [2.75, 3.05) is 11.5 Å². The van der Waals surface area contributed by atoms with Crippen LogP contribution in [0.1, 0.15) is 23.2 Å². The van der Waals surface area contributed by atoms with Gasteiger partial charge in [0.15, 0.2) is 0 Å². The summed E-state index contributed by atoms with van der Waals surface area (Å²) in [7, 11) is 0. The van der Waals surface area contributed by atoms with Crippen LogP contribution in [0, 0.1) is 0 Å². The molecule has 0 saturated carbocycles. The minimum Gasteiger partial charge on any atom is -0.477 e. The molecule has 2 saturated heterocycles. The van der Waals surface area contributed by atoms with E-state index in [1.165, 1.54) is 23.5 Å². The summed E-state index contributed by atoms with van der Waals surface area (Å²) < 4.78 is 0. The molecule has 0 spiro atoms. The minimum atomic E-state index is -1.26. The molecule has 2 aromatic carbocycles. The first-order chi connectivity index (χ1) is 22.8. The molecule has 12 N–H and O–H groups in total. The number of carbonyl (C=O) groups excluding carboxylic acids is 4. The number of rotatable bonds is 8. The molecule has 6 atom stereocenters. The smallest absolute Gasteiger partial charge is 0.353 e. The third-order valence-electron chi connectivity index (χ3n) is 7.73. The molecule has 0 unspecified atom stereocenters. The number of amides is 4. The number of carboxylic acid groups (broad SMARTS) is 2. The summed E-state index contributed by atoms with van der Waals surface area (Å²) in [5.74, 6) is -3.96. The lowest BCUT2D eigenvalue weighted by Gasteiger charge is -2.48. The number of nitrogens with two attached hydrogens (primary N) is 2. The average molecular weight is 772 g/mol. The number of carboxylic acids is 2. The van der Waals surface area contributed by atoms with E-state index in [0.717, 1.165) is 9.80 Å². The maximum absolute atomic E-state index is 12.3. The summed E-state index contributed by atoms with van der Waals surface area (Å²) in [5, 5.41) is 22.9. The van der Waals surface area contributed by atoms with E-state index in [1.54, 1.807) is 48.5 Å². The third-order valence-corrected chi connectivity index (χ3v) is 11.2. The Morgan fingerprint density at radius 1 is 0.680 bits per heavy atom. The van der Waals surface area contributed by atoms with Gasteiger partial charge >= 0.3 is 11.9 Å². The molecule has 2 fully saturated rings. The Morgan fingerprint density at radius 2 is 1.00 bits per heavy atom. The van der Waals surface area contributed by atoms with E-state index in [2.05, 4.69) is 10.6 Å². The van der Waals surface area contributed by atoms with E-state index in [9.17, 15) is 39.0 Å². The molecule has 16 nitrogen and oxygen atoms in total. The second-order valence-corrected chi connectivity index (χ2v) is 13.8. The molecular formula is C30H32Cl2N6O10S2. The quantitative estimate of drug-likeness (QED) is 0.187. The van der Waals surface area contributed by atoms with Crippen molar-refractivity contribution in [3.8, 4) is 0 Å². The van der Waals surface area contributed by atoms with Gasteiger partial charge in [-0.25, -0.2) is 9.59 Å². The first-order valence-corrected chi connectivity index (χ1v) is 17.0. The Labute approximate surface area is 302 Å². The zero-order valence-electron chi connectivity index (χ0n) is 25.6. The minimum absolute atomic E-state index is 0. The molecule has 50 heavy (non-hydrogen) atoms. The molecule has 268 valence electrons. The van der Waals surface area contributed by atoms with Crippen LogP contribution in [0.2, 0.25) is 0 Å². The van der Waals surface area contributed by atoms with Gasteiger partial charge in [-0.1, -0.05) is 83.9 Å². The van der Waals surface area contributed by atoms with Crippen LogP contribution < -0.4 is 22.1 Å². The normalized spacial score (nSPS) is 23.1. The van der Waals surface area contributed by atoms with E-state index in [1.807, 2.05) is 12.1 Å². The van der Waals surface area contributed by atoms with Crippen LogP contribution in [-0.2, 0) is 28.8 Å². The summed E-state index contributed by atoms with van der Waals surface area (Å²) in [6.45, 7) is 0. The summed E-state index contributed by atoms with van der Waals surface area (Å²) in [6, 6.07) is 14.1. The highest BCUT2D eigenvalue weighted by molar-refractivity contribution is 8.00. The number of fused-ring (bicyclic) bond motifs is 2. The second kappa shape index (κ2) is 16.7. The van der Waals surface area contributed by atoms with Crippen molar-refractivity contribution >= 4 is 82.3 Å². The van der Waals surface area contributed by atoms with Crippen molar-refractivity contribution in [1.82, 2.24) is 20.4 Å². The maximum Gasteiger partial charge on any atom is 0.353 e. The highest BCUT2D eigenvalue weighted by Crippen LogP contribution is 2.42. The van der Waals surface area contributed by atoms with Gasteiger partial charge < -0.3 is 43.3 Å². The SMILES string of the molecule is N[C@@H](C(=O)N[C@@H]1C(=O)N2C(C(=O)O)=C(Cl)CS[C@H]12)c1ccccc1.N[C@@H](C(=O)N[C@@H]1C(=O)N2C(C(=O)O)=C(Cl)CS[C@H]12)c1ccccc1.O.O. The monoisotopic (exact) mass is 770 g/mol. The molecule has 20 heteroatoms. The number of nitrogens with zero attached hydrogens (tertiary/aromatic N) is 2. The fraction of sp³-hybridized carbons (Fsp3) is 0.267. The van der Waals surface area contributed by atoms with E-state index >= 15 is 0 Å². The number of β-lactam (4-membered cyclic amide) rings is 2. The Morgan fingerprint density at radius 3 is 1.30 bits per heavy atom. The van der Waals surface area contributed by atoms with E-state index in [0.29, 0.717) is 11.1 Å². The van der Waals surface area contributed by atoms with Gasteiger partial charge in [0.25, 0.3) is 11.8 Å². The first kappa shape index (κ1) is 40.3. The van der Waals surface area contributed by atoms with Crippen molar-refractivity contribution in [2.24, 2.45) is 11.5 Å². The Bertz CT molecular complexity index is 1610. The second-order valence-electron chi connectivity index (χ2n) is 10.7. The molecule has 2 aromatic rings. The lowest BCUT2D eigenvalue weighted by Crippen LogP contribution is -2.70. The van der Waals surface area contributed by atoms with E-state index in [4.69, 9.17) is 34.7 Å². The van der Waals surface area contributed by atoms with E-state index in [-0.39, 0.29) is 43.9 Å². The third kappa shape index (κ3) is 7.77. The topological polar surface area (TPSA) is 288 Å². The van der Waals surface area contributed by atoms with Gasteiger partial charge in [-0.05, 0) is 11.1 Å². The zero-order chi connectivity index (χ0) is 34.9. The molecule has 4 heterocycles. The molecule has 0 radical (unpaired) electrons. The maximum atomic E-state index is 12.3. The van der Waals surface area contributed by atoms with Crippen LogP contribution in [-0.4, -0.2) is 101 Å². The van der Waals surface area contributed by atoms with Crippen molar-refractivity contribution in [1.29, 1.82) is 0 Å². The largest absolute Gasteiger partial charge is 0.477 e. The van der Waals surface area contributed by atoms with Crippen molar-refractivity contribution in [3.05, 3.63) is 93.2 Å². The van der Waals surface area contributed by atoms with Gasteiger partial charge in [-0.15, -0.1) is 23.5 Å². The van der Waals surface area contributed by atoms with Gasteiger partial charge in [0.2, 0.25) is 11.8 Å². The zero-order valence-corrected chi connectivity index (χ0v) is 28.8. The molecule has 0 aliphatic carbocycles. The number of thioether (sulfide) groups is 2. The summed E-state index contributed by atoms with van der Waals surface area (Å²) in [4.78, 5) is 73.8. The fourth-order valence-corrected chi connectivity index (χ4v) is 8.37. The van der Waals surface area contributed by atoms with Crippen molar-refractivity contribution < 1.29 is 49.9 Å². The number of nitrogens with one attached hydrogen (secondary N) is 2.